The summed E-state index contributed by atoms with van der Waals surface area (Å²) in [4.78, 5) is 13.5. The average molecular weight is 215 g/mol. The van der Waals surface area contributed by atoms with Gasteiger partial charge in [0.2, 0.25) is 0 Å². The Bertz CT molecular complexity index is 180. The average Bonchev–Trinajstić information content (AvgIpc) is 2.30. The monoisotopic (exact) mass is 215 g/mol. The van der Waals surface area contributed by atoms with Crippen LogP contribution in [-0.2, 0) is 9.53 Å². The molecular formula is C12H25NO2. The number of hydrogen-bond donors (Lipinski definition) is 0. The molecule has 3 nitrogen and oxygen atoms in total. The van der Waals surface area contributed by atoms with E-state index in [1.54, 1.807) is 0 Å². The Kier molecular flexibility index (Phi) is 7.39. The fraction of sp³-hybridized carbons (Fsp3) is 0.917. The Morgan fingerprint density at radius 1 is 1.27 bits per heavy atom. The molecule has 0 N–H and O–H groups in total. The van der Waals surface area contributed by atoms with E-state index in [9.17, 15) is 4.79 Å². The van der Waals surface area contributed by atoms with Gasteiger partial charge in [-0.1, -0.05) is 20.3 Å². The third-order valence-electron chi connectivity index (χ3n) is 2.91. The van der Waals surface area contributed by atoms with Gasteiger partial charge in [0.15, 0.2) is 0 Å². The van der Waals surface area contributed by atoms with Crippen molar-refractivity contribution >= 4 is 5.97 Å². The molecule has 90 valence electrons. The normalized spacial score (nSPS) is 25.5. The fourth-order valence-electron chi connectivity index (χ4n) is 2.01. The molecule has 15 heavy (non-hydrogen) atoms. The van der Waals surface area contributed by atoms with Crippen LogP contribution in [0.1, 0.15) is 39.5 Å². The maximum atomic E-state index is 11.3. The molecule has 1 saturated carbocycles. The molecule has 0 aromatic carbocycles. The Labute approximate surface area is 93.8 Å². The van der Waals surface area contributed by atoms with Gasteiger partial charge >= 0.3 is 5.97 Å². The molecule has 1 rings (SSSR count). The second-order valence-corrected chi connectivity index (χ2v) is 4.00. The first-order valence-corrected chi connectivity index (χ1v) is 5.89. The van der Waals surface area contributed by atoms with Gasteiger partial charge in [-0.05, 0) is 33.4 Å². The maximum absolute atomic E-state index is 11.3. The number of ether oxygens (including phenoxy) is 1. The maximum Gasteiger partial charge on any atom is 0.308 e. The van der Waals surface area contributed by atoms with Crippen molar-refractivity contribution in [3.8, 4) is 0 Å². The Morgan fingerprint density at radius 2 is 1.87 bits per heavy atom. The molecule has 0 aromatic rings. The lowest BCUT2D eigenvalue weighted by molar-refractivity contribution is -0.147. The molecule has 0 heterocycles. The number of nitrogens with zero attached hydrogens (tertiary/aromatic N) is 1. The first-order chi connectivity index (χ1) is 7.15. The van der Waals surface area contributed by atoms with E-state index in [2.05, 4.69) is 19.0 Å². The van der Waals surface area contributed by atoms with Crippen molar-refractivity contribution in [1.29, 1.82) is 0 Å². The molecule has 0 radical (unpaired) electrons. The smallest absolute Gasteiger partial charge is 0.308 e. The molecule has 2 unspecified atom stereocenters. The zero-order valence-corrected chi connectivity index (χ0v) is 10.7. The van der Waals surface area contributed by atoms with Crippen molar-refractivity contribution in [2.45, 2.75) is 45.6 Å². The number of rotatable bonds is 2. The summed E-state index contributed by atoms with van der Waals surface area (Å²) in [6.45, 7) is 4.00. The van der Waals surface area contributed by atoms with E-state index in [1.807, 2.05) is 13.8 Å². The van der Waals surface area contributed by atoms with Gasteiger partial charge in [0.1, 0.15) is 0 Å². The van der Waals surface area contributed by atoms with Crippen LogP contribution in [0.5, 0.6) is 0 Å². The zero-order chi connectivity index (χ0) is 11.8. The fourth-order valence-corrected chi connectivity index (χ4v) is 2.01. The summed E-state index contributed by atoms with van der Waals surface area (Å²) in [5.41, 5.74) is 0. The number of carbonyl (C=O) groups is 1. The van der Waals surface area contributed by atoms with Gasteiger partial charge in [-0.2, -0.15) is 0 Å². The van der Waals surface area contributed by atoms with E-state index >= 15 is 0 Å². The van der Waals surface area contributed by atoms with E-state index in [1.165, 1.54) is 13.5 Å². The molecule has 0 bridgehead atoms. The number of esters is 1. The Hall–Kier alpha value is -0.570. The summed E-state index contributed by atoms with van der Waals surface area (Å²) in [6, 6.07) is 0.554. The van der Waals surface area contributed by atoms with E-state index in [0.29, 0.717) is 6.04 Å². The molecule has 3 heteroatoms. The molecule has 0 aliphatic heterocycles. The van der Waals surface area contributed by atoms with Gasteiger partial charge in [-0.25, -0.2) is 0 Å². The van der Waals surface area contributed by atoms with E-state index in [4.69, 9.17) is 4.74 Å². The van der Waals surface area contributed by atoms with Gasteiger partial charge in [-0.15, -0.1) is 0 Å². The summed E-state index contributed by atoms with van der Waals surface area (Å²) >= 11 is 0. The lowest BCUT2D eigenvalue weighted by atomic mass is 9.85. The first kappa shape index (κ1) is 14.4. The second kappa shape index (κ2) is 7.69. The number of methoxy groups -OCH3 is 1. The molecule has 0 aromatic heterocycles. The predicted octanol–water partition coefficient (Wildman–Crippen LogP) is 2.31. The van der Waals surface area contributed by atoms with Gasteiger partial charge < -0.3 is 9.64 Å². The largest absolute Gasteiger partial charge is 0.469 e. The van der Waals surface area contributed by atoms with Gasteiger partial charge in [0.25, 0.3) is 0 Å². The third-order valence-corrected chi connectivity index (χ3v) is 2.91. The predicted molar refractivity (Wildman–Crippen MR) is 62.8 cm³/mol. The highest BCUT2D eigenvalue weighted by Crippen LogP contribution is 2.27. The summed E-state index contributed by atoms with van der Waals surface area (Å²) < 4.78 is 4.76. The van der Waals surface area contributed by atoms with Crippen LogP contribution in [0.25, 0.3) is 0 Å². The van der Waals surface area contributed by atoms with Crippen LogP contribution in [-0.4, -0.2) is 38.1 Å². The van der Waals surface area contributed by atoms with Crippen molar-refractivity contribution < 1.29 is 9.53 Å². The highest BCUT2D eigenvalue weighted by molar-refractivity contribution is 5.72. The van der Waals surface area contributed by atoms with Crippen molar-refractivity contribution in [3.63, 3.8) is 0 Å². The van der Waals surface area contributed by atoms with Crippen LogP contribution >= 0.6 is 0 Å². The van der Waals surface area contributed by atoms with Crippen LogP contribution in [0.3, 0.4) is 0 Å². The first-order valence-electron chi connectivity index (χ1n) is 5.89. The van der Waals surface area contributed by atoms with E-state index < -0.39 is 0 Å². The summed E-state index contributed by atoms with van der Waals surface area (Å²) in [6.07, 6.45) is 4.31. The van der Waals surface area contributed by atoms with Crippen molar-refractivity contribution in [1.82, 2.24) is 4.90 Å². The van der Waals surface area contributed by atoms with E-state index in [-0.39, 0.29) is 11.9 Å². The van der Waals surface area contributed by atoms with Gasteiger partial charge in [0, 0.05) is 6.04 Å². The highest BCUT2D eigenvalue weighted by atomic mass is 16.5. The summed E-state index contributed by atoms with van der Waals surface area (Å²) in [5, 5.41) is 0. The SMILES string of the molecule is CC.COC(=O)C1CCCC(N(C)C)C1. The minimum atomic E-state index is -0.0356. The van der Waals surface area contributed by atoms with Gasteiger partial charge in [-0.3, -0.25) is 4.79 Å². The number of carbonyl (C=O) groups excluding carboxylic acids is 1. The Morgan fingerprint density at radius 3 is 2.33 bits per heavy atom. The molecular weight excluding hydrogens is 190 g/mol. The zero-order valence-electron chi connectivity index (χ0n) is 10.7. The molecule has 1 aliphatic rings. The van der Waals surface area contributed by atoms with E-state index in [0.717, 1.165) is 19.3 Å². The summed E-state index contributed by atoms with van der Waals surface area (Å²) in [7, 11) is 5.62. The van der Waals surface area contributed by atoms with Crippen molar-refractivity contribution in [2.75, 3.05) is 21.2 Å². The standard InChI is InChI=1S/C10H19NO2.C2H6/c1-11(2)9-6-4-5-8(7-9)10(12)13-3;1-2/h8-9H,4-7H2,1-3H3;1-2H3. The molecule has 1 fully saturated rings. The van der Waals surface area contributed by atoms with Crippen molar-refractivity contribution in [3.05, 3.63) is 0 Å². The van der Waals surface area contributed by atoms with Gasteiger partial charge in [0.05, 0.1) is 13.0 Å². The lowest BCUT2D eigenvalue weighted by Crippen LogP contribution is -2.35. The van der Waals surface area contributed by atoms with Crippen molar-refractivity contribution in [2.24, 2.45) is 5.92 Å². The second-order valence-electron chi connectivity index (χ2n) is 4.00. The number of hydrogen-bond acceptors (Lipinski definition) is 3. The molecule has 2 atom stereocenters. The molecule has 1 aliphatic carbocycles. The topological polar surface area (TPSA) is 29.5 Å². The third kappa shape index (κ3) is 4.65. The minimum absolute atomic E-state index is 0.0356. The van der Waals surface area contributed by atoms with Crippen LogP contribution in [0.2, 0.25) is 0 Å². The van der Waals surface area contributed by atoms with Crippen LogP contribution in [0, 0.1) is 5.92 Å². The van der Waals surface area contributed by atoms with Crippen LogP contribution < -0.4 is 0 Å². The Balaban J connectivity index is 0.000000921. The molecule has 0 saturated heterocycles. The highest BCUT2D eigenvalue weighted by Gasteiger charge is 2.28. The summed E-state index contributed by atoms with van der Waals surface area (Å²) in [5.74, 6) is 0.0951. The quantitative estimate of drug-likeness (QED) is 0.662. The lowest BCUT2D eigenvalue weighted by Gasteiger charge is -2.31. The molecule has 0 amide bonds. The van der Waals surface area contributed by atoms with Crippen LogP contribution in [0.15, 0.2) is 0 Å². The van der Waals surface area contributed by atoms with Crippen LogP contribution in [0.4, 0.5) is 0 Å². The molecule has 0 spiro atoms. The minimum Gasteiger partial charge on any atom is -0.469 e.